The van der Waals surface area contributed by atoms with E-state index in [-0.39, 0.29) is 22.2 Å². The summed E-state index contributed by atoms with van der Waals surface area (Å²) in [5, 5.41) is 9.93. The molecule has 0 aliphatic heterocycles. The zero-order valence-electron chi connectivity index (χ0n) is 23.7. The molecule has 4 aliphatic carbocycles. The van der Waals surface area contributed by atoms with E-state index in [0.29, 0.717) is 22.6 Å². The second-order valence-corrected chi connectivity index (χ2v) is 16.3. The maximum atomic E-state index is 14.0. The van der Waals surface area contributed by atoms with Crippen LogP contribution >= 0.6 is 0 Å². The van der Waals surface area contributed by atoms with E-state index in [0.717, 1.165) is 56.8 Å². The van der Waals surface area contributed by atoms with Gasteiger partial charge in [-0.3, -0.25) is 0 Å². The Hall–Kier alpha value is -1.13. The lowest BCUT2D eigenvalue weighted by Crippen LogP contribution is -2.46. The number of rotatable bonds is 8. The summed E-state index contributed by atoms with van der Waals surface area (Å²) in [6.45, 7) is 9.31. The second-order valence-electron chi connectivity index (χ2n) is 14.1. The van der Waals surface area contributed by atoms with Crippen LogP contribution in [0.15, 0.2) is 46.9 Å². The van der Waals surface area contributed by atoms with E-state index < -0.39 is 9.84 Å². The Bertz CT molecular complexity index is 1070. The number of allylic oxidation sites excluding steroid dienone is 1. The molecule has 4 aliphatic rings. The molecule has 1 aromatic carbocycles. The van der Waals surface area contributed by atoms with E-state index in [1.807, 2.05) is 18.2 Å². The highest BCUT2D eigenvalue weighted by Crippen LogP contribution is 2.64. The fourth-order valence-corrected chi connectivity index (χ4v) is 10.8. The third-order valence-corrected chi connectivity index (χ3v) is 14.0. The van der Waals surface area contributed by atoms with Crippen LogP contribution < -0.4 is 0 Å². The molecule has 0 heterocycles. The molecule has 0 spiro atoms. The van der Waals surface area contributed by atoms with Crippen LogP contribution in [0, 0.1) is 40.4 Å². The second kappa shape index (κ2) is 10.5. The van der Waals surface area contributed by atoms with Crippen LogP contribution in [0.25, 0.3) is 0 Å². The number of fused-ring (bicyclic) bond motifs is 5. The molecule has 3 fully saturated rings. The lowest BCUT2D eigenvalue weighted by atomic mass is 9.51. The summed E-state index contributed by atoms with van der Waals surface area (Å²) < 4.78 is 27.9. The molecular weight excluding hydrogens is 476 g/mol. The number of sulfone groups is 1. The van der Waals surface area contributed by atoms with Gasteiger partial charge >= 0.3 is 0 Å². The van der Waals surface area contributed by atoms with Gasteiger partial charge in [0.15, 0.2) is 9.84 Å². The van der Waals surface area contributed by atoms with Crippen LogP contribution in [0.1, 0.15) is 105 Å². The topological polar surface area (TPSA) is 54.4 Å². The van der Waals surface area contributed by atoms with E-state index in [4.69, 9.17) is 0 Å². The molecule has 0 bridgehead atoms. The van der Waals surface area contributed by atoms with Gasteiger partial charge in [-0.25, -0.2) is 8.42 Å². The summed E-state index contributed by atoms with van der Waals surface area (Å²) in [5.41, 5.74) is 1.97. The first-order valence-corrected chi connectivity index (χ1v) is 16.8. The van der Waals surface area contributed by atoms with Gasteiger partial charge in [0.1, 0.15) is 0 Å². The molecule has 0 saturated heterocycles. The number of hydrogen-bond acceptors (Lipinski definition) is 3. The lowest BCUT2D eigenvalue weighted by Gasteiger charge is -2.54. The van der Waals surface area contributed by atoms with Gasteiger partial charge < -0.3 is 5.11 Å². The highest BCUT2D eigenvalue weighted by atomic mass is 32.2. The number of hydrogen-bond donors (Lipinski definition) is 1. The van der Waals surface area contributed by atoms with E-state index >= 15 is 0 Å². The van der Waals surface area contributed by atoms with E-state index in [1.165, 1.54) is 32.1 Å². The van der Waals surface area contributed by atoms with E-state index in [9.17, 15) is 13.5 Å². The average Bonchev–Trinajstić information content (AvgIpc) is 3.22. The third-order valence-electron chi connectivity index (χ3n) is 11.8. The standard InChI is InChI=1S/C33H50O3S/c1-5-32(2,3)19-17-27(37(35,36)26-9-7-6-8-10-26)22-24-12-16-31-30-14-11-23-21-25(34)13-15-28(23)29(30)18-20-33(24,31)4/h6-11,24-25,27-31,34H,5,12-22H2,1-4H3/t24-,25?,27?,28?,29?,30?,31?,33?/m1/s1. The molecule has 0 aromatic heterocycles. The maximum absolute atomic E-state index is 14.0. The molecular formula is C33H50O3S. The summed E-state index contributed by atoms with van der Waals surface area (Å²) in [5.74, 6) is 3.42. The zero-order valence-corrected chi connectivity index (χ0v) is 24.5. The van der Waals surface area contributed by atoms with Crippen molar-refractivity contribution in [2.24, 2.45) is 40.4 Å². The minimum atomic E-state index is -3.36. The fraction of sp³-hybridized carbons (Fsp3) is 0.758. The van der Waals surface area contributed by atoms with Gasteiger partial charge in [-0.15, -0.1) is 0 Å². The summed E-state index contributed by atoms with van der Waals surface area (Å²) in [6, 6.07) is 9.23. The zero-order chi connectivity index (χ0) is 26.4. The molecule has 7 unspecified atom stereocenters. The Balaban J connectivity index is 1.37. The Kier molecular flexibility index (Phi) is 7.75. The molecule has 206 valence electrons. The molecule has 0 radical (unpaired) electrons. The first-order valence-electron chi connectivity index (χ1n) is 15.2. The van der Waals surface area contributed by atoms with Crippen LogP contribution in [0.5, 0.6) is 0 Å². The smallest absolute Gasteiger partial charge is 0.181 e. The minimum Gasteiger partial charge on any atom is -0.393 e. The van der Waals surface area contributed by atoms with Gasteiger partial charge in [0.2, 0.25) is 0 Å². The molecule has 0 amide bonds. The summed E-state index contributed by atoms with van der Waals surface area (Å²) in [4.78, 5) is 0.502. The van der Waals surface area contributed by atoms with Crippen molar-refractivity contribution in [3.8, 4) is 0 Å². The summed E-state index contributed by atoms with van der Waals surface area (Å²) in [7, 11) is -3.36. The lowest BCUT2D eigenvalue weighted by molar-refractivity contribution is -0.0199. The predicted octanol–water partition coefficient (Wildman–Crippen LogP) is 7.99. The number of aliphatic hydroxyl groups excluding tert-OH is 1. The Morgan fingerprint density at radius 3 is 2.54 bits per heavy atom. The van der Waals surface area contributed by atoms with Crippen molar-refractivity contribution in [1.82, 2.24) is 0 Å². The Labute approximate surface area is 226 Å². The SMILES string of the molecule is CCC(C)(C)CCC(C[C@H]1CCC2C3CC=C4CC(O)CCC4C3CCC21C)S(=O)(=O)c1ccccc1. The monoisotopic (exact) mass is 526 g/mol. The van der Waals surface area contributed by atoms with Crippen molar-refractivity contribution in [2.75, 3.05) is 0 Å². The first-order chi connectivity index (χ1) is 17.5. The minimum absolute atomic E-state index is 0.134. The van der Waals surface area contributed by atoms with Crippen LogP contribution in [0.4, 0.5) is 0 Å². The van der Waals surface area contributed by atoms with Crippen molar-refractivity contribution >= 4 is 9.84 Å². The van der Waals surface area contributed by atoms with Gasteiger partial charge in [-0.05, 0) is 123 Å². The van der Waals surface area contributed by atoms with Crippen LogP contribution in [-0.4, -0.2) is 24.9 Å². The molecule has 5 rings (SSSR count). The predicted molar refractivity (Wildman–Crippen MR) is 152 cm³/mol. The molecule has 3 saturated carbocycles. The number of aliphatic hydroxyl groups is 1. The van der Waals surface area contributed by atoms with Gasteiger partial charge in [-0.1, -0.05) is 64.0 Å². The molecule has 4 heteroatoms. The van der Waals surface area contributed by atoms with Crippen LogP contribution in [0.3, 0.4) is 0 Å². The van der Waals surface area contributed by atoms with Crippen molar-refractivity contribution in [3.63, 3.8) is 0 Å². The van der Waals surface area contributed by atoms with E-state index in [1.54, 1.807) is 17.7 Å². The highest BCUT2D eigenvalue weighted by molar-refractivity contribution is 7.92. The van der Waals surface area contributed by atoms with Crippen LogP contribution in [-0.2, 0) is 9.84 Å². The Morgan fingerprint density at radius 1 is 1.05 bits per heavy atom. The van der Waals surface area contributed by atoms with Crippen molar-refractivity contribution < 1.29 is 13.5 Å². The molecule has 1 N–H and O–H groups in total. The van der Waals surface area contributed by atoms with Crippen molar-refractivity contribution in [1.29, 1.82) is 0 Å². The fourth-order valence-electron chi connectivity index (χ4n) is 8.99. The van der Waals surface area contributed by atoms with Crippen molar-refractivity contribution in [3.05, 3.63) is 42.0 Å². The normalized spacial score (nSPS) is 36.7. The maximum Gasteiger partial charge on any atom is 0.181 e. The molecule has 8 atom stereocenters. The van der Waals surface area contributed by atoms with E-state index in [2.05, 4.69) is 33.8 Å². The molecule has 3 nitrogen and oxygen atoms in total. The van der Waals surface area contributed by atoms with Gasteiger partial charge in [-0.2, -0.15) is 0 Å². The van der Waals surface area contributed by atoms with Crippen molar-refractivity contribution in [2.45, 2.75) is 121 Å². The van der Waals surface area contributed by atoms with Gasteiger partial charge in [0, 0.05) is 0 Å². The van der Waals surface area contributed by atoms with Crippen LogP contribution in [0.2, 0.25) is 0 Å². The number of benzene rings is 1. The molecule has 37 heavy (non-hydrogen) atoms. The first kappa shape index (κ1) is 27.4. The largest absolute Gasteiger partial charge is 0.393 e. The van der Waals surface area contributed by atoms with Gasteiger partial charge in [0.05, 0.1) is 16.2 Å². The van der Waals surface area contributed by atoms with Gasteiger partial charge in [0.25, 0.3) is 0 Å². The third kappa shape index (κ3) is 5.23. The highest BCUT2D eigenvalue weighted by Gasteiger charge is 2.56. The summed E-state index contributed by atoms with van der Waals surface area (Å²) >= 11 is 0. The Morgan fingerprint density at radius 2 is 1.81 bits per heavy atom. The summed E-state index contributed by atoms with van der Waals surface area (Å²) in [6.07, 6.45) is 15.1. The quantitative estimate of drug-likeness (QED) is 0.349. The molecule has 1 aromatic rings. The average molecular weight is 527 g/mol.